The number of benzene rings is 2. The highest BCUT2D eigenvalue weighted by atomic mass is 16.7. The predicted octanol–water partition coefficient (Wildman–Crippen LogP) is 3.44. The van der Waals surface area contributed by atoms with Crippen molar-refractivity contribution >= 4 is 28.6 Å². The molecule has 0 saturated heterocycles. The molecule has 0 amide bonds. The fraction of sp³-hybridized carbons (Fsp3) is 0.105. The van der Waals surface area contributed by atoms with Gasteiger partial charge in [0.15, 0.2) is 23.0 Å². The Balaban J connectivity index is 1.40. The van der Waals surface area contributed by atoms with Gasteiger partial charge in [-0.3, -0.25) is 0 Å². The molecule has 2 aromatic carbocycles. The van der Waals surface area contributed by atoms with Crippen molar-refractivity contribution in [3.8, 4) is 11.5 Å². The van der Waals surface area contributed by atoms with Crippen molar-refractivity contribution in [2.24, 2.45) is 0 Å². The Morgan fingerprint density at radius 3 is 2.81 bits per heavy atom. The van der Waals surface area contributed by atoms with Crippen molar-refractivity contribution in [1.29, 1.82) is 0 Å². The zero-order chi connectivity index (χ0) is 18.1. The number of imidazole rings is 1. The van der Waals surface area contributed by atoms with E-state index < -0.39 is 0 Å². The van der Waals surface area contributed by atoms with E-state index in [0.717, 1.165) is 28.3 Å². The fourth-order valence-electron chi connectivity index (χ4n) is 2.89. The molecule has 2 aromatic heterocycles. The molecular weight excluding hydrogens is 344 g/mol. The molecule has 0 unspecified atom stereocenters. The summed E-state index contributed by atoms with van der Waals surface area (Å²) in [7, 11) is 0. The number of hydrogen-bond donors (Lipinski definition) is 3. The summed E-state index contributed by atoms with van der Waals surface area (Å²) in [5, 5.41) is 6.55. The van der Waals surface area contributed by atoms with Crippen molar-refractivity contribution in [2.45, 2.75) is 6.54 Å². The Morgan fingerprint density at radius 2 is 1.89 bits per heavy atom. The van der Waals surface area contributed by atoms with E-state index in [4.69, 9.17) is 9.47 Å². The minimum atomic E-state index is 0.264. The maximum Gasteiger partial charge on any atom is 0.231 e. The highest BCUT2D eigenvalue weighted by Crippen LogP contribution is 2.32. The van der Waals surface area contributed by atoms with Gasteiger partial charge in [0.1, 0.15) is 5.52 Å². The van der Waals surface area contributed by atoms with Gasteiger partial charge in [-0.1, -0.05) is 24.3 Å². The van der Waals surface area contributed by atoms with Gasteiger partial charge >= 0.3 is 0 Å². The van der Waals surface area contributed by atoms with Crippen LogP contribution in [0, 0.1) is 0 Å². The number of hydrogen-bond acceptors (Lipinski definition) is 7. The molecule has 0 bridgehead atoms. The van der Waals surface area contributed by atoms with Gasteiger partial charge in [0, 0.05) is 12.2 Å². The van der Waals surface area contributed by atoms with Crippen LogP contribution in [0.4, 0.5) is 17.5 Å². The first kappa shape index (κ1) is 15.4. The van der Waals surface area contributed by atoms with Gasteiger partial charge < -0.3 is 25.1 Å². The average Bonchev–Trinajstić information content (AvgIpc) is 3.36. The molecular formula is C19H16N6O2. The van der Waals surface area contributed by atoms with E-state index in [-0.39, 0.29) is 6.79 Å². The minimum Gasteiger partial charge on any atom is -0.454 e. The third-order valence-electron chi connectivity index (χ3n) is 4.21. The van der Waals surface area contributed by atoms with E-state index in [1.165, 1.54) is 0 Å². The molecule has 3 N–H and O–H groups in total. The third-order valence-corrected chi connectivity index (χ3v) is 4.21. The molecule has 0 radical (unpaired) electrons. The zero-order valence-corrected chi connectivity index (χ0v) is 14.3. The zero-order valence-electron chi connectivity index (χ0n) is 14.3. The van der Waals surface area contributed by atoms with Gasteiger partial charge in [-0.05, 0) is 29.8 Å². The Labute approximate surface area is 154 Å². The Kier molecular flexibility index (Phi) is 3.71. The standard InChI is InChI=1S/C19H16N6O2/c1-2-4-13(5-3-1)23-18-16-17(22-10-21-16)24-19(25-18)20-9-12-6-7-14-15(8-12)27-11-26-14/h1-8,10H,9,11H2,(H3,20,21,22,23,24,25). The summed E-state index contributed by atoms with van der Waals surface area (Å²) in [5.74, 6) is 2.68. The SMILES string of the molecule is c1ccc(Nc2nc(NCc3ccc4c(c3)OCO4)nc3nc[nH]c23)cc1. The van der Waals surface area contributed by atoms with Crippen LogP contribution in [0.5, 0.6) is 11.5 Å². The summed E-state index contributed by atoms with van der Waals surface area (Å²) in [6, 6.07) is 15.7. The molecule has 1 aliphatic rings. The number of para-hydroxylation sites is 1. The van der Waals surface area contributed by atoms with Gasteiger partial charge in [-0.2, -0.15) is 9.97 Å². The highest BCUT2D eigenvalue weighted by Gasteiger charge is 2.14. The van der Waals surface area contributed by atoms with E-state index >= 15 is 0 Å². The lowest BCUT2D eigenvalue weighted by atomic mass is 10.2. The second kappa shape index (κ2) is 6.49. The molecule has 5 rings (SSSR count). The molecule has 8 nitrogen and oxygen atoms in total. The average molecular weight is 360 g/mol. The van der Waals surface area contributed by atoms with Crippen molar-refractivity contribution in [2.75, 3.05) is 17.4 Å². The first-order valence-corrected chi connectivity index (χ1v) is 8.51. The number of nitrogens with zero attached hydrogens (tertiary/aromatic N) is 3. The van der Waals surface area contributed by atoms with E-state index in [1.54, 1.807) is 6.33 Å². The minimum absolute atomic E-state index is 0.264. The lowest BCUT2D eigenvalue weighted by Crippen LogP contribution is -2.06. The van der Waals surface area contributed by atoms with Crippen LogP contribution in [0.3, 0.4) is 0 Å². The Hall–Kier alpha value is -3.81. The van der Waals surface area contributed by atoms with Crippen LogP contribution in [-0.4, -0.2) is 26.7 Å². The summed E-state index contributed by atoms with van der Waals surface area (Å²) in [6.07, 6.45) is 1.61. The van der Waals surface area contributed by atoms with Crippen LogP contribution < -0.4 is 20.1 Å². The summed E-state index contributed by atoms with van der Waals surface area (Å²) in [5.41, 5.74) is 3.33. The van der Waals surface area contributed by atoms with E-state index in [2.05, 4.69) is 30.6 Å². The quantitative estimate of drug-likeness (QED) is 0.501. The molecule has 1 aliphatic heterocycles. The number of aromatic nitrogens is 4. The second-order valence-electron chi connectivity index (χ2n) is 6.03. The van der Waals surface area contributed by atoms with Crippen LogP contribution in [0.2, 0.25) is 0 Å². The van der Waals surface area contributed by atoms with Gasteiger partial charge in [-0.25, -0.2) is 4.98 Å². The topological polar surface area (TPSA) is 97.0 Å². The number of H-pyrrole nitrogens is 1. The molecule has 8 heteroatoms. The van der Waals surface area contributed by atoms with Crippen LogP contribution >= 0.6 is 0 Å². The van der Waals surface area contributed by atoms with Crippen molar-refractivity contribution in [3.05, 3.63) is 60.4 Å². The Morgan fingerprint density at radius 1 is 1.00 bits per heavy atom. The first-order valence-electron chi connectivity index (χ1n) is 8.51. The highest BCUT2D eigenvalue weighted by molar-refractivity contribution is 5.86. The fourth-order valence-corrected chi connectivity index (χ4v) is 2.89. The van der Waals surface area contributed by atoms with E-state index in [0.29, 0.717) is 24.0 Å². The van der Waals surface area contributed by atoms with Crippen molar-refractivity contribution in [1.82, 2.24) is 19.9 Å². The summed E-state index contributed by atoms with van der Waals surface area (Å²) < 4.78 is 10.8. The lowest BCUT2D eigenvalue weighted by molar-refractivity contribution is 0.174. The predicted molar refractivity (Wildman–Crippen MR) is 101 cm³/mol. The van der Waals surface area contributed by atoms with Gasteiger partial charge in [-0.15, -0.1) is 0 Å². The molecule has 3 heterocycles. The van der Waals surface area contributed by atoms with Crippen molar-refractivity contribution in [3.63, 3.8) is 0 Å². The Bertz CT molecular complexity index is 1100. The number of rotatable bonds is 5. The molecule has 27 heavy (non-hydrogen) atoms. The van der Waals surface area contributed by atoms with Crippen LogP contribution in [0.1, 0.15) is 5.56 Å². The van der Waals surface area contributed by atoms with Crippen LogP contribution in [0.15, 0.2) is 54.9 Å². The number of anilines is 3. The largest absolute Gasteiger partial charge is 0.454 e. The summed E-state index contributed by atoms with van der Waals surface area (Å²) >= 11 is 0. The normalized spacial score (nSPS) is 12.3. The number of nitrogens with one attached hydrogen (secondary N) is 3. The number of ether oxygens (including phenoxy) is 2. The van der Waals surface area contributed by atoms with Gasteiger partial charge in [0.2, 0.25) is 12.7 Å². The van der Waals surface area contributed by atoms with Crippen LogP contribution in [0.25, 0.3) is 11.2 Å². The molecule has 0 fully saturated rings. The summed E-state index contributed by atoms with van der Waals surface area (Å²) in [4.78, 5) is 16.4. The van der Waals surface area contributed by atoms with Gasteiger partial charge in [0.25, 0.3) is 0 Å². The van der Waals surface area contributed by atoms with E-state index in [9.17, 15) is 0 Å². The molecule has 0 aliphatic carbocycles. The van der Waals surface area contributed by atoms with Crippen LogP contribution in [-0.2, 0) is 6.54 Å². The monoisotopic (exact) mass is 360 g/mol. The maximum atomic E-state index is 5.42. The molecule has 0 spiro atoms. The second-order valence-corrected chi connectivity index (χ2v) is 6.03. The smallest absolute Gasteiger partial charge is 0.231 e. The summed E-state index contributed by atoms with van der Waals surface area (Å²) in [6.45, 7) is 0.816. The number of fused-ring (bicyclic) bond motifs is 2. The number of aromatic amines is 1. The molecule has 134 valence electrons. The van der Waals surface area contributed by atoms with Gasteiger partial charge in [0.05, 0.1) is 6.33 Å². The molecule has 4 aromatic rings. The molecule has 0 atom stereocenters. The maximum absolute atomic E-state index is 5.42. The van der Waals surface area contributed by atoms with Crippen molar-refractivity contribution < 1.29 is 9.47 Å². The lowest BCUT2D eigenvalue weighted by Gasteiger charge is -2.10. The first-order chi connectivity index (χ1) is 13.3. The van der Waals surface area contributed by atoms with E-state index in [1.807, 2.05) is 48.5 Å². The third kappa shape index (κ3) is 3.08. The molecule has 0 saturated carbocycles.